The normalized spacial score (nSPS) is 31.4. The predicted octanol–water partition coefficient (Wildman–Crippen LogP) is 4.54. The lowest BCUT2D eigenvalue weighted by molar-refractivity contribution is 0.0486. The minimum Gasteiger partial charge on any atom is -0.364 e. The van der Waals surface area contributed by atoms with E-state index in [2.05, 4.69) is 72.8 Å². The Labute approximate surface area is 123 Å². The first-order chi connectivity index (χ1) is 9.92. The van der Waals surface area contributed by atoms with E-state index in [1.54, 1.807) is 0 Å². The van der Waals surface area contributed by atoms with Crippen LogP contribution in [0.4, 0.5) is 0 Å². The summed E-state index contributed by atoms with van der Waals surface area (Å²) in [6.45, 7) is 0. The standard InChI is InChI=1S/C18H16OS/c1-3-7-13(8-4-1)17-15-11-12-16(19-15)18(20-17)14-9-5-2-6-10-14/h1-12,15-18H. The highest BCUT2D eigenvalue weighted by Gasteiger charge is 2.41. The molecule has 1 saturated heterocycles. The molecular weight excluding hydrogens is 264 g/mol. The molecule has 100 valence electrons. The summed E-state index contributed by atoms with van der Waals surface area (Å²) in [5, 5.41) is 0.771. The zero-order chi connectivity index (χ0) is 13.4. The fourth-order valence-corrected chi connectivity index (χ4v) is 4.53. The third-order valence-electron chi connectivity index (χ3n) is 3.95. The molecule has 4 rings (SSSR count). The number of ether oxygens (including phenoxy) is 1. The molecule has 0 radical (unpaired) electrons. The molecule has 4 unspecified atom stereocenters. The fourth-order valence-electron chi connectivity index (χ4n) is 2.97. The predicted molar refractivity (Wildman–Crippen MR) is 83.8 cm³/mol. The Balaban J connectivity index is 1.68. The van der Waals surface area contributed by atoms with Gasteiger partial charge in [-0.3, -0.25) is 0 Å². The Morgan fingerprint density at radius 1 is 0.650 bits per heavy atom. The Morgan fingerprint density at radius 3 is 1.55 bits per heavy atom. The lowest BCUT2D eigenvalue weighted by Crippen LogP contribution is -2.28. The second-order valence-corrected chi connectivity index (χ2v) is 6.54. The fraction of sp³-hybridized carbons (Fsp3) is 0.222. The molecule has 2 bridgehead atoms. The summed E-state index contributed by atoms with van der Waals surface area (Å²) < 4.78 is 6.20. The Bertz CT molecular complexity index is 554. The minimum absolute atomic E-state index is 0.215. The van der Waals surface area contributed by atoms with Crippen LogP contribution in [-0.2, 0) is 4.74 Å². The van der Waals surface area contributed by atoms with E-state index in [1.165, 1.54) is 11.1 Å². The molecule has 20 heavy (non-hydrogen) atoms. The van der Waals surface area contributed by atoms with E-state index < -0.39 is 0 Å². The maximum absolute atomic E-state index is 6.20. The largest absolute Gasteiger partial charge is 0.364 e. The Morgan fingerprint density at radius 2 is 1.10 bits per heavy atom. The van der Waals surface area contributed by atoms with Gasteiger partial charge in [0.2, 0.25) is 0 Å². The van der Waals surface area contributed by atoms with Crippen molar-refractivity contribution in [1.29, 1.82) is 0 Å². The van der Waals surface area contributed by atoms with Crippen molar-refractivity contribution in [3.05, 3.63) is 83.9 Å². The number of hydrogen-bond donors (Lipinski definition) is 0. The first-order valence-electron chi connectivity index (χ1n) is 7.01. The maximum atomic E-state index is 6.20. The zero-order valence-corrected chi connectivity index (χ0v) is 11.9. The lowest BCUT2D eigenvalue weighted by Gasteiger charge is -2.35. The quantitative estimate of drug-likeness (QED) is 0.747. The molecule has 1 nitrogen and oxygen atoms in total. The maximum Gasteiger partial charge on any atom is 0.0925 e. The summed E-state index contributed by atoms with van der Waals surface area (Å²) in [5.41, 5.74) is 2.71. The van der Waals surface area contributed by atoms with Gasteiger partial charge < -0.3 is 4.74 Å². The second-order valence-electron chi connectivity index (χ2n) is 5.25. The van der Waals surface area contributed by atoms with E-state index in [9.17, 15) is 0 Å². The smallest absolute Gasteiger partial charge is 0.0925 e. The summed E-state index contributed by atoms with van der Waals surface area (Å²) in [6.07, 6.45) is 4.90. The third-order valence-corrected chi connectivity index (χ3v) is 5.62. The Kier molecular flexibility index (Phi) is 3.13. The van der Waals surface area contributed by atoms with E-state index in [1.807, 2.05) is 11.8 Å². The van der Waals surface area contributed by atoms with Gasteiger partial charge in [0.25, 0.3) is 0 Å². The van der Waals surface area contributed by atoms with Crippen molar-refractivity contribution in [1.82, 2.24) is 0 Å². The number of benzene rings is 2. The molecule has 0 saturated carbocycles. The molecule has 2 aromatic carbocycles. The van der Waals surface area contributed by atoms with Gasteiger partial charge in [-0.2, -0.15) is 0 Å². The van der Waals surface area contributed by atoms with E-state index in [0.717, 1.165) is 0 Å². The Hall–Kier alpha value is -1.51. The lowest BCUT2D eigenvalue weighted by atomic mass is 10.1. The van der Waals surface area contributed by atoms with Gasteiger partial charge in [-0.25, -0.2) is 0 Å². The summed E-state index contributed by atoms with van der Waals surface area (Å²) >= 11 is 2.03. The average Bonchev–Trinajstić information content (AvgIpc) is 2.93. The van der Waals surface area contributed by atoms with Crippen LogP contribution >= 0.6 is 11.8 Å². The van der Waals surface area contributed by atoms with Crippen molar-refractivity contribution in [2.75, 3.05) is 0 Å². The second kappa shape index (κ2) is 5.12. The van der Waals surface area contributed by atoms with Crippen molar-refractivity contribution >= 4 is 11.8 Å². The van der Waals surface area contributed by atoms with Crippen LogP contribution in [-0.4, -0.2) is 12.2 Å². The summed E-state index contributed by atoms with van der Waals surface area (Å²) in [4.78, 5) is 0. The SMILES string of the molecule is C1=CC2OC1C(c1ccccc1)SC2c1ccccc1. The molecule has 0 spiro atoms. The van der Waals surface area contributed by atoms with Crippen LogP contribution in [0, 0.1) is 0 Å². The molecule has 1 fully saturated rings. The van der Waals surface area contributed by atoms with E-state index in [-0.39, 0.29) is 12.2 Å². The van der Waals surface area contributed by atoms with Gasteiger partial charge in [0, 0.05) is 0 Å². The minimum atomic E-state index is 0.215. The summed E-state index contributed by atoms with van der Waals surface area (Å²) in [6, 6.07) is 21.4. The molecule has 2 heteroatoms. The van der Waals surface area contributed by atoms with Gasteiger partial charge in [-0.05, 0) is 11.1 Å². The monoisotopic (exact) mass is 280 g/mol. The summed E-state index contributed by atoms with van der Waals surface area (Å²) in [5.74, 6) is 0. The van der Waals surface area contributed by atoms with Gasteiger partial charge >= 0.3 is 0 Å². The van der Waals surface area contributed by atoms with Crippen LogP contribution in [0.2, 0.25) is 0 Å². The highest BCUT2D eigenvalue weighted by atomic mass is 32.2. The van der Waals surface area contributed by atoms with Crippen molar-refractivity contribution in [2.45, 2.75) is 22.7 Å². The molecule has 0 aromatic heterocycles. The van der Waals surface area contributed by atoms with E-state index in [0.29, 0.717) is 10.5 Å². The molecular formula is C18H16OS. The van der Waals surface area contributed by atoms with Crippen LogP contribution in [0.5, 0.6) is 0 Å². The number of fused-ring (bicyclic) bond motifs is 2. The summed E-state index contributed by atoms with van der Waals surface area (Å²) in [7, 11) is 0. The molecule has 0 amide bonds. The van der Waals surface area contributed by atoms with Gasteiger partial charge in [0.1, 0.15) is 0 Å². The number of hydrogen-bond acceptors (Lipinski definition) is 2. The number of thioether (sulfide) groups is 1. The number of rotatable bonds is 2. The highest BCUT2D eigenvalue weighted by molar-refractivity contribution is 7.99. The van der Waals surface area contributed by atoms with Crippen LogP contribution in [0.25, 0.3) is 0 Å². The molecule has 0 N–H and O–H groups in total. The molecule has 0 aliphatic carbocycles. The zero-order valence-electron chi connectivity index (χ0n) is 11.1. The van der Waals surface area contributed by atoms with Crippen LogP contribution < -0.4 is 0 Å². The highest BCUT2D eigenvalue weighted by Crippen LogP contribution is 2.53. The third kappa shape index (κ3) is 2.09. The van der Waals surface area contributed by atoms with Crippen LogP contribution in [0.15, 0.2) is 72.8 Å². The molecule has 2 heterocycles. The molecule has 4 atom stereocenters. The van der Waals surface area contributed by atoms with Gasteiger partial charge in [-0.15, -0.1) is 11.8 Å². The van der Waals surface area contributed by atoms with Gasteiger partial charge in [0.15, 0.2) is 0 Å². The average molecular weight is 280 g/mol. The first kappa shape index (κ1) is 12.2. The topological polar surface area (TPSA) is 9.23 Å². The van der Waals surface area contributed by atoms with Crippen molar-refractivity contribution in [3.63, 3.8) is 0 Å². The molecule has 2 aliphatic heterocycles. The van der Waals surface area contributed by atoms with E-state index >= 15 is 0 Å². The molecule has 2 aliphatic rings. The van der Waals surface area contributed by atoms with Crippen LogP contribution in [0.3, 0.4) is 0 Å². The van der Waals surface area contributed by atoms with E-state index in [4.69, 9.17) is 4.74 Å². The van der Waals surface area contributed by atoms with Gasteiger partial charge in [0.05, 0.1) is 22.7 Å². The van der Waals surface area contributed by atoms with Gasteiger partial charge in [-0.1, -0.05) is 72.8 Å². The van der Waals surface area contributed by atoms with Crippen molar-refractivity contribution in [3.8, 4) is 0 Å². The molecule has 2 aromatic rings. The van der Waals surface area contributed by atoms with Crippen LogP contribution in [0.1, 0.15) is 21.6 Å². The van der Waals surface area contributed by atoms with Crippen molar-refractivity contribution in [2.24, 2.45) is 0 Å². The first-order valence-corrected chi connectivity index (χ1v) is 7.95. The van der Waals surface area contributed by atoms with Crippen molar-refractivity contribution < 1.29 is 4.74 Å².